The molecule has 0 radical (unpaired) electrons. The summed E-state index contributed by atoms with van der Waals surface area (Å²) >= 11 is 0. The lowest BCUT2D eigenvalue weighted by Crippen LogP contribution is -2.02. The molecule has 6 nitrogen and oxygen atoms in total. The fraction of sp³-hybridized carbons (Fsp3) is 0. The fourth-order valence-electron chi connectivity index (χ4n) is 8.69. The molecule has 0 unspecified atom stereocenters. The van der Waals surface area contributed by atoms with Crippen LogP contribution in [0.1, 0.15) is 0 Å². The van der Waals surface area contributed by atoms with Crippen LogP contribution in [0.2, 0.25) is 0 Å². The van der Waals surface area contributed by atoms with E-state index in [0.717, 1.165) is 72.1 Å². The van der Waals surface area contributed by atoms with Gasteiger partial charge >= 0.3 is 0 Å². The molecule has 0 atom stereocenters. The van der Waals surface area contributed by atoms with Gasteiger partial charge in [0.15, 0.2) is 17.5 Å². The molecule has 4 heterocycles. The van der Waals surface area contributed by atoms with Crippen molar-refractivity contribution in [2.24, 2.45) is 0 Å². The summed E-state index contributed by atoms with van der Waals surface area (Å²) in [5.41, 5.74) is 10.8. The van der Waals surface area contributed by atoms with Crippen molar-refractivity contribution in [3.05, 3.63) is 188 Å². The molecule has 12 aromatic rings. The highest BCUT2D eigenvalue weighted by atomic mass is 16.3. The number of hydrogen-bond acceptors (Lipinski definition) is 4. The molecule has 0 saturated carbocycles. The van der Waals surface area contributed by atoms with Crippen LogP contribution < -0.4 is 0 Å². The molecule has 0 saturated heterocycles. The third-order valence-corrected chi connectivity index (χ3v) is 11.1. The van der Waals surface area contributed by atoms with Gasteiger partial charge in [0.25, 0.3) is 0 Å². The maximum Gasteiger partial charge on any atom is 0.164 e. The summed E-state index contributed by atoms with van der Waals surface area (Å²) < 4.78 is 11.6. The lowest BCUT2D eigenvalue weighted by Gasteiger charge is -2.14. The van der Waals surface area contributed by atoms with Crippen molar-refractivity contribution in [1.82, 2.24) is 24.1 Å². The molecular formula is C51H31N5O. The summed E-state index contributed by atoms with van der Waals surface area (Å²) in [4.78, 5) is 15.5. The lowest BCUT2D eigenvalue weighted by molar-refractivity contribution is 0.668. The van der Waals surface area contributed by atoms with Crippen molar-refractivity contribution in [3.63, 3.8) is 0 Å². The standard InChI is InChI=1S/C51H31N5O/c1-4-16-32(17-5-1)49-52-50(33-18-6-2-7-19-33)54-51(53-49)41-30-35(31-45-46(41)40-24-12-15-27-44(40)57-45)56-43-26-14-11-23-37(43)39-29-28-38-36-22-10-13-25-42(36)55(47(38)48(39)56)34-20-8-3-9-21-34/h1-31H. The van der Waals surface area contributed by atoms with Gasteiger partial charge in [-0.2, -0.15) is 0 Å². The molecule has 4 aromatic heterocycles. The van der Waals surface area contributed by atoms with E-state index in [1.54, 1.807) is 0 Å². The van der Waals surface area contributed by atoms with Gasteiger partial charge < -0.3 is 13.6 Å². The minimum atomic E-state index is 0.574. The Morgan fingerprint density at radius 2 is 0.825 bits per heavy atom. The second-order valence-corrected chi connectivity index (χ2v) is 14.4. The second-order valence-electron chi connectivity index (χ2n) is 14.4. The van der Waals surface area contributed by atoms with Gasteiger partial charge in [-0.3, -0.25) is 0 Å². The Bertz CT molecular complexity index is 3450. The normalized spacial score (nSPS) is 11.9. The molecule has 0 N–H and O–H groups in total. The van der Waals surface area contributed by atoms with Crippen molar-refractivity contribution in [2.45, 2.75) is 0 Å². The lowest BCUT2D eigenvalue weighted by atomic mass is 10.0. The highest BCUT2D eigenvalue weighted by molar-refractivity contribution is 6.24. The SMILES string of the molecule is c1ccc(-c2nc(-c3ccccc3)nc(-c3cc(-n4c5ccccc5c5ccc6c7ccccc7n(-c7ccccc7)c6c54)cc4oc5ccccc5c34)n2)cc1. The zero-order valence-corrected chi connectivity index (χ0v) is 30.5. The van der Waals surface area contributed by atoms with Crippen LogP contribution in [0.4, 0.5) is 0 Å². The predicted octanol–water partition coefficient (Wildman–Crippen LogP) is 13.0. The Hall–Kier alpha value is -7.83. The van der Waals surface area contributed by atoms with Crippen LogP contribution in [0, 0.1) is 0 Å². The number of nitrogens with zero attached hydrogens (tertiary/aromatic N) is 5. The molecule has 8 aromatic carbocycles. The van der Waals surface area contributed by atoms with E-state index in [-0.39, 0.29) is 0 Å². The molecule has 0 amide bonds. The number of rotatable bonds is 5. The van der Waals surface area contributed by atoms with E-state index in [1.165, 1.54) is 21.5 Å². The predicted molar refractivity (Wildman–Crippen MR) is 232 cm³/mol. The number of aromatic nitrogens is 5. The molecule has 0 fully saturated rings. The molecule has 12 rings (SSSR count). The van der Waals surface area contributed by atoms with Gasteiger partial charge in [0.2, 0.25) is 0 Å². The Labute approximate surface area is 326 Å². The first-order chi connectivity index (χ1) is 28.3. The highest BCUT2D eigenvalue weighted by Gasteiger charge is 2.24. The van der Waals surface area contributed by atoms with E-state index in [0.29, 0.717) is 17.5 Å². The van der Waals surface area contributed by atoms with Gasteiger partial charge in [0.05, 0.1) is 27.8 Å². The summed E-state index contributed by atoms with van der Waals surface area (Å²) in [5.74, 6) is 1.79. The summed E-state index contributed by atoms with van der Waals surface area (Å²) in [5, 5.41) is 6.70. The van der Waals surface area contributed by atoms with E-state index < -0.39 is 0 Å². The van der Waals surface area contributed by atoms with Crippen LogP contribution in [-0.2, 0) is 0 Å². The van der Waals surface area contributed by atoms with Crippen molar-refractivity contribution in [3.8, 4) is 45.5 Å². The van der Waals surface area contributed by atoms with Gasteiger partial charge in [-0.15, -0.1) is 0 Å². The number of benzene rings is 8. The van der Waals surface area contributed by atoms with Gasteiger partial charge in [0, 0.05) is 60.8 Å². The molecule has 266 valence electrons. The third kappa shape index (κ3) is 4.81. The molecule has 0 aliphatic carbocycles. The van der Waals surface area contributed by atoms with E-state index in [9.17, 15) is 0 Å². The van der Waals surface area contributed by atoms with Gasteiger partial charge in [-0.05, 0) is 36.4 Å². The molecular weight excluding hydrogens is 699 g/mol. The Morgan fingerprint density at radius 3 is 1.42 bits per heavy atom. The van der Waals surface area contributed by atoms with Crippen molar-refractivity contribution < 1.29 is 4.42 Å². The average molecular weight is 730 g/mol. The van der Waals surface area contributed by atoms with Crippen LogP contribution >= 0.6 is 0 Å². The van der Waals surface area contributed by atoms with E-state index in [4.69, 9.17) is 19.4 Å². The van der Waals surface area contributed by atoms with Crippen LogP contribution in [0.3, 0.4) is 0 Å². The first-order valence-electron chi connectivity index (χ1n) is 19.1. The monoisotopic (exact) mass is 729 g/mol. The smallest absolute Gasteiger partial charge is 0.164 e. The minimum absolute atomic E-state index is 0.574. The topological polar surface area (TPSA) is 61.7 Å². The quantitative estimate of drug-likeness (QED) is 0.177. The van der Waals surface area contributed by atoms with Crippen LogP contribution in [0.15, 0.2) is 192 Å². The average Bonchev–Trinajstić information content (AvgIpc) is 3.95. The van der Waals surface area contributed by atoms with Crippen LogP contribution in [0.5, 0.6) is 0 Å². The van der Waals surface area contributed by atoms with Gasteiger partial charge in [0.1, 0.15) is 11.2 Å². The third-order valence-electron chi connectivity index (χ3n) is 11.1. The van der Waals surface area contributed by atoms with E-state index in [1.807, 2.05) is 72.8 Å². The molecule has 0 spiro atoms. The summed E-state index contributed by atoms with van der Waals surface area (Å²) in [6.45, 7) is 0. The number of fused-ring (bicyclic) bond motifs is 10. The zero-order chi connectivity index (χ0) is 37.5. The van der Waals surface area contributed by atoms with Crippen molar-refractivity contribution in [2.75, 3.05) is 0 Å². The van der Waals surface area contributed by atoms with Crippen LogP contribution in [-0.4, -0.2) is 24.1 Å². The van der Waals surface area contributed by atoms with Crippen molar-refractivity contribution in [1.29, 1.82) is 0 Å². The summed E-state index contributed by atoms with van der Waals surface area (Å²) in [6.07, 6.45) is 0. The van der Waals surface area contributed by atoms with Crippen molar-refractivity contribution >= 4 is 65.6 Å². The molecule has 0 aliphatic heterocycles. The maximum absolute atomic E-state index is 6.75. The fourth-order valence-corrected chi connectivity index (χ4v) is 8.69. The van der Waals surface area contributed by atoms with E-state index >= 15 is 0 Å². The number of hydrogen-bond donors (Lipinski definition) is 0. The molecule has 6 heteroatoms. The summed E-state index contributed by atoms with van der Waals surface area (Å²) in [6, 6.07) is 65.5. The molecule has 0 aliphatic rings. The molecule has 0 bridgehead atoms. The largest absolute Gasteiger partial charge is 0.456 e. The van der Waals surface area contributed by atoms with Gasteiger partial charge in [-0.1, -0.05) is 146 Å². The molecule has 57 heavy (non-hydrogen) atoms. The highest BCUT2D eigenvalue weighted by Crippen LogP contribution is 2.44. The Kier molecular flexibility index (Phi) is 6.83. The Morgan fingerprint density at radius 1 is 0.351 bits per heavy atom. The van der Waals surface area contributed by atoms with Gasteiger partial charge in [-0.25, -0.2) is 15.0 Å². The van der Waals surface area contributed by atoms with Crippen LogP contribution in [0.25, 0.3) is 111 Å². The zero-order valence-electron chi connectivity index (χ0n) is 30.5. The van der Waals surface area contributed by atoms with E-state index in [2.05, 4.69) is 124 Å². The number of furan rings is 1. The second kappa shape index (κ2) is 12.3. The summed E-state index contributed by atoms with van der Waals surface area (Å²) in [7, 11) is 0. The first-order valence-corrected chi connectivity index (χ1v) is 19.1. The first kappa shape index (κ1) is 31.5. The maximum atomic E-state index is 6.75. The minimum Gasteiger partial charge on any atom is -0.456 e. The number of para-hydroxylation sites is 4. The Balaban J connectivity index is 1.24.